The van der Waals surface area contributed by atoms with Crippen LogP contribution in [0.5, 0.6) is 0 Å². The summed E-state index contributed by atoms with van der Waals surface area (Å²) in [7, 11) is 1.72. The van der Waals surface area contributed by atoms with Crippen LogP contribution in [0.3, 0.4) is 0 Å². The number of carbonyl (C=O) groups excluding carboxylic acids is 1. The molecule has 6 unspecified atom stereocenters. The van der Waals surface area contributed by atoms with Crippen molar-refractivity contribution in [2.24, 2.45) is 29.1 Å². The van der Waals surface area contributed by atoms with Crippen molar-refractivity contribution >= 4 is 6.09 Å². The maximum atomic E-state index is 13.7. The van der Waals surface area contributed by atoms with Gasteiger partial charge in [0.15, 0.2) is 0 Å². The second kappa shape index (κ2) is 20.0. The third kappa shape index (κ3) is 13.2. The van der Waals surface area contributed by atoms with Gasteiger partial charge in [-0.1, -0.05) is 46.8 Å². The summed E-state index contributed by atoms with van der Waals surface area (Å²) < 4.78 is 17.6. The number of allylic oxidation sites excluding steroid dienone is 2. The van der Waals surface area contributed by atoms with E-state index >= 15 is 0 Å². The first kappa shape index (κ1) is 43.4. The van der Waals surface area contributed by atoms with Crippen LogP contribution in [0.2, 0.25) is 0 Å². The number of hydrogen-bond acceptors (Lipinski definition) is 11. The van der Waals surface area contributed by atoms with E-state index in [4.69, 9.17) is 14.2 Å². The van der Waals surface area contributed by atoms with Crippen LogP contribution in [0.1, 0.15) is 100 Å². The molecular weight excluding hydrogens is 660 g/mol. The molecular formula is C40H76N6O6. The summed E-state index contributed by atoms with van der Waals surface area (Å²) in [6, 6.07) is -0.168. The van der Waals surface area contributed by atoms with Crippen LogP contribution >= 0.6 is 0 Å². The van der Waals surface area contributed by atoms with E-state index in [9.17, 15) is 15.0 Å². The first-order valence-corrected chi connectivity index (χ1v) is 20.4. The predicted molar refractivity (Wildman–Crippen MR) is 206 cm³/mol. The van der Waals surface area contributed by atoms with Crippen LogP contribution in [-0.4, -0.2) is 140 Å². The van der Waals surface area contributed by atoms with E-state index in [0.29, 0.717) is 45.1 Å². The molecule has 1 aliphatic carbocycles. The van der Waals surface area contributed by atoms with Crippen LogP contribution in [-0.2, 0) is 14.2 Å². The standard InChI is InChI=1S/C40H76N6O6/c1-28(2)24-46(36(48)33-23-42-37(39(3,4)5)43-34(33)41-18-13-21-50-9)31-22-30(25-45(26-31)38(49)52-40(6,7)8)35(47)44-19-16-32(17-20-44)51-27-29-14-11-10-12-15-29/h10-11,28-37,41-43,47-48H,12-27H2,1-9H3/t29?,30-,31+,33?,34?,35?,36?,37?/m1/s1. The topological polar surface area (TPSA) is 131 Å². The van der Waals surface area contributed by atoms with E-state index in [1.165, 1.54) is 6.42 Å². The molecule has 1 amide bonds. The smallest absolute Gasteiger partial charge is 0.410 e. The lowest BCUT2D eigenvalue weighted by Crippen LogP contribution is -2.71. The molecule has 0 aromatic rings. The number of aliphatic hydroxyl groups excluding tert-OH is 2. The first-order valence-electron chi connectivity index (χ1n) is 20.4. The maximum absolute atomic E-state index is 13.7. The number of piperidine rings is 2. The average molecular weight is 737 g/mol. The molecule has 0 bridgehead atoms. The fourth-order valence-corrected chi connectivity index (χ4v) is 8.32. The lowest BCUT2D eigenvalue weighted by Gasteiger charge is -2.51. The molecule has 3 aliphatic heterocycles. The molecule has 302 valence electrons. The van der Waals surface area contributed by atoms with Crippen molar-refractivity contribution in [2.45, 2.75) is 143 Å². The predicted octanol–water partition coefficient (Wildman–Crippen LogP) is 4.18. The Kier molecular flexibility index (Phi) is 16.7. The van der Waals surface area contributed by atoms with Gasteiger partial charge < -0.3 is 40.0 Å². The van der Waals surface area contributed by atoms with Gasteiger partial charge in [0.05, 0.1) is 25.0 Å². The van der Waals surface area contributed by atoms with Gasteiger partial charge in [-0.2, -0.15) is 0 Å². The number of amides is 1. The number of ether oxygens (including phenoxy) is 3. The van der Waals surface area contributed by atoms with Crippen molar-refractivity contribution in [1.29, 1.82) is 0 Å². The van der Waals surface area contributed by atoms with E-state index in [2.05, 4.69) is 72.5 Å². The van der Waals surface area contributed by atoms with Crippen LogP contribution < -0.4 is 16.0 Å². The maximum Gasteiger partial charge on any atom is 0.410 e. The van der Waals surface area contributed by atoms with Crippen molar-refractivity contribution in [2.75, 3.05) is 66.1 Å². The molecule has 12 nitrogen and oxygen atoms in total. The molecule has 0 spiro atoms. The molecule has 4 rings (SSSR count). The Bertz CT molecular complexity index is 1090. The summed E-state index contributed by atoms with van der Waals surface area (Å²) in [6.07, 6.45) is 9.60. The van der Waals surface area contributed by atoms with Crippen molar-refractivity contribution < 1.29 is 29.2 Å². The van der Waals surface area contributed by atoms with Crippen LogP contribution in [0.15, 0.2) is 12.2 Å². The normalized spacial score (nSPS) is 29.8. The van der Waals surface area contributed by atoms with Gasteiger partial charge in [0.2, 0.25) is 0 Å². The number of aliphatic hydroxyl groups is 2. The molecule has 0 radical (unpaired) electrons. The monoisotopic (exact) mass is 737 g/mol. The summed E-state index contributed by atoms with van der Waals surface area (Å²) in [5.74, 6) is 0.524. The number of nitrogens with one attached hydrogen (secondary N) is 3. The quantitative estimate of drug-likeness (QED) is 0.0944. The van der Waals surface area contributed by atoms with E-state index in [0.717, 1.165) is 58.3 Å². The van der Waals surface area contributed by atoms with Crippen LogP contribution in [0.4, 0.5) is 4.79 Å². The summed E-state index contributed by atoms with van der Waals surface area (Å²) in [5.41, 5.74) is -0.663. The minimum atomic E-state index is -0.794. The van der Waals surface area contributed by atoms with Gasteiger partial charge in [0.25, 0.3) is 0 Å². The second-order valence-electron chi connectivity index (χ2n) is 18.5. The van der Waals surface area contributed by atoms with Crippen molar-refractivity contribution in [3.63, 3.8) is 0 Å². The minimum absolute atomic E-state index is 0.0196. The fraction of sp³-hybridized carbons (Fsp3) is 0.925. The van der Waals surface area contributed by atoms with Crippen LogP contribution in [0, 0.1) is 29.1 Å². The van der Waals surface area contributed by atoms with Crippen molar-refractivity contribution in [3.8, 4) is 0 Å². The van der Waals surface area contributed by atoms with Crippen molar-refractivity contribution in [3.05, 3.63) is 12.2 Å². The van der Waals surface area contributed by atoms with Gasteiger partial charge in [-0.15, -0.1) is 0 Å². The Labute approximate surface area is 315 Å². The molecule has 12 heteroatoms. The number of hydrogen-bond donors (Lipinski definition) is 5. The highest BCUT2D eigenvalue weighted by Gasteiger charge is 2.45. The Morgan fingerprint density at radius 1 is 1.06 bits per heavy atom. The van der Waals surface area contributed by atoms with E-state index < -0.39 is 18.1 Å². The van der Waals surface area contributed by atoms with Gasteiger partial charge in [-0.05, 0) is 89.5 Å². The first-order chi connectivity index (χ1) is 24.6. The Balaban J connectivity index is 1.50. The largest absolute Gasteiger partial charge is 0.444 e. The summed E-state index contributed by atoms with van der Waals surface area (Å²) >= 11 is 0. The third-order valence-electron chi connectivity index (χ3n) is 11.2. The number of carbonyl (C=O) groups is 1. The molecule has 3 saturated heterocycles. The number of likely N-dealkylation sites (tertiary alicyclic amines) is 2. The third-order valence-corrected chi connectivity index (χ3v) is 11.2. The molecule has 3 fully saturated rings. The molecule has 52 heavy (non-hydrogen) atoms. The van der Waals surface area contributed by atoms with Gasteiger partial charge in [-0.3, -0.25) is 15.1 Å². The molecule has 5 N–H and O–H groups in total. The number of methoxy groups -OCH3 is 1. The lowest BCUT2D eigenvalue weighted by atomic mass is 9.86. The average Bonchev–Trinajstić information content (AvgIpc) is 3.10. The van der Waals surface area contributed by atoms with Gasteiger partial charge >= 0.3 is 6.09 Å². The number of nitrogens with zero attached hydrogens (tertiary/aromatic N) is 3. The van der Waals surface area contributed by atoms with Crippen molar-refractivity contribution in [1.82, 2.24) is 30.7 Å². The van der Waals surface area contributed by atoms with E-state index in [1.807, 2.05) is 20.8 Å². The lowest BCUT2D eigenvalue weighted by molar-refractivity contribution is -0.130. The van der Waals surface area contributed by atoms with E-state index in [1.54, 1.807) is 12.0 Å². The highest BCUT2D eigenvalue weighted by molar-refractivity contribution is 5.68. The molecule has 0 saturated carbocycles. The molecule has 0 aromatic heterocycles. The number of rotatable bonds is 15. The minimum Gasteiger partial charge on any atom is -0.444 e. The molecule has 3 heterocycles. The van der Waals surface area contributed by atoms with Gasteiger partial charge in [0, 0.05) is 70.9 Å². The zero-order chi connectivity index (χ0) is 38.1. The second-order valence-corrected chi connectivity index (χ2v) is 18.5. The fourth-order valence-electron chi connectivity index (χ4n) is 8.32. The Morgan fingerprint density at radius 3 is 2.40 bits per heavy atom. The Morgan fingerprint density at radius 2 is 1.79 bits per heavy atom. The summed E-state index contributed by atoms with van der Waals surface area (Å²) in [4.78, 5) is 19.8. The summed E-state index contributed by atoms with van der Waals surface area (Å²) in [6.45, 7) is 22.5. The Hall–Kier alpha value is -1.35. The highest BCUT2D eigenvalue weighted by Crippen LogP contribution is 2.32. The molecule has 4 aliphatic rings. The van der Waals surface area contributed by atoms with Gasteiger partial charge in [0.1, 0.15) is 18.1 Å². The zero-order valence-corrected chi connectivity index (χ0v) is 34.1. The zero-order valence-electron chi connectivity index (χ0n) is 34.1. The van der Waals surface area contributed by atoms with E-state index in [-0.39, 0.29) is 53.7 Å². The highest BCUT2D eigenvalue weighted by atomic mass is 16.6. The summed E-state index contributed by atoms with van der Waals surface area (Å²) in [5, 5.41) is 35.5. The SMILES string of the molecule is COCCCNC1NC(C(C)(C)C)NCC1C(O)N(CC(C)C)[C@H]1C[C@@H](C(O)N2CCC(OCC3CC=CCC3)CC2)CN(C(=O)OC(C)(C)C)C1. The van der Waals surface area contributed by atoms with Crippen LogP contribution in [0.25, 0.3) is 0 Å². The van der Waals surface area contributed by atoms with Gasteiger partial charge in [-0.25, -0.2) is 4.79 Å². The molecule has 0 aromatic carbocycles. The molecule has 8 atom stereocenters.